The Balaban J connectivity index is 1.17. The fourth-order valence-electron chi connectivity index (χ4n) is 4.50. The van der Waals surface area contributed by atoms with Crippen LogP contribution in [0, 0.1) is 0 Å². The minimum atomic E-state index is -0.891. The summed E-state index contributed by atoms with van der Waals surface area (Å²) in [5.41, 5.74) is 3.16. The van der Waals surface area contributed by atoms with Gasteiger partial charge in [0.25, 0.3) is 0 Å². The van der Waals surface area contributed by atoms with Gasteiger partial charge >= 0.3 is 6.03 Å². The predicted molar refractivity (Wildman–Crippen MR) is 149 cm³/mol. The molecule has 0 saturated heterocycles. The number of carbonyl (C=O) groups is 1. The number of ether oxygens (including phenoxy) is 4. The van der Waals surface area contributed by atoms with E-state index >= 15 is 0 Å². The fourth-order valence-corrected chi connectivity index (χ4v) is 4.62. The summed E-state index contributed by atoms with van der Waals surface area (Å²) < 4.78 is 33.9. The van der Waals surface area contributed by atoms with Gasteiger partial charge in [-0.2, -0.15) is 5.10 Å². The van der Waals surface area contributed by atoms with Crippen molar-refractivity contribution in [3.8, 4) is 28.7 Å². The molecule has 0 bridgehead atoms. The van der Waals surface area contributed by atoms with Crippen molar-refractivity contribution in [3.05, 3.63) is 107 Å². The van der Waals surface area contributed by atoms with E-state index in [-0.39, 0.29) is 18.7 Å². The van der Waals surface area contributed by atoms with Crippen molar-refractivity contribution < 1.29 is 28.1 Å². The minimum Gasteiger partial charge on any atom is -0.463 e. The van der Waals surface area contributed by atoms with Crippen LogP contribution in [0.3, 0.4) is 0 Å². The monoisotopic (exact) mass is 559 g/mol. The highest BCUT2D eigenvalue weighted by molar-refractivity contribution is 6.30. The molecule has 0 aliphatic carbocycles. The van der Waals surface area contributed by atoms with Gasteiger partial charge in [-0.3, -0.25) is 0 Å². The standard InChI is InChI=1S/C30H23ClFN3O5/c31-21-4-1-19(2-5-21)29-26(20-3-14-27-28(15-20)39-18-38-27)16-35(34-29)30(36)33-22-6-8-24(9-7-22)40-25-12-10-23(11-13-25)37-17-32/h1-15,26H,16-18H2,(H,33,36). The highest BCUT2D eigenvalue weighted by Crippen LogP contribution is 2.37. The van der Waals surface area contributed by atoms with Gasteiger partial charge in [-0.05, 0) is 83.9 Å². The summed E-state index contributed by atoms with van der Waals surface area (Å²) in [5, 5.41) is 9.63. The van der Waals surface area contributed by atoms with Gasteiger partial charge < -0.3 is 24.3 Å². The zero-order valence-corrected chi connectivity index (χ0v) is 21.8. The first-order valence-corrected chi connectivity index (χ1v) is 12.8. The molecule has 0 fully saturated rings. The van der Waals surface area contributed by atoms with Crippen LogP contribution in [0.2, 0.25) is 5.02 Å². The first-order valence-electron chi connectivity index (χ1n) is 12.4. The number of halogens is 2. The number of anilines is 1. The summed E-state index contributed by atoms with van der Waals surface area (Å²) >= 11 is 6.11. The van der Waals surface area contributed by atoms with E-state index in [1.165, 1.54) is 5.01 Å². The Hall–Kier alpha value is -4.76. The summed E-state index contributed by atoms with van der Waals surface area (Å²) in [6, 6.07) is 26.3. The van der Waals surface area contributed by atoms with Gasteiger partial charge in [0.05, 0.1) is 12.3 Å². The summed E-state index contributed by atoms with van der Waals surface area (Å²) in [5.74, 6) is 2.73. The molecule has 4 aromatic carbocycles. The number of fused-ring (bicyclic) bond motifs is 1. The second kappa shape index (κ2) is 11.2. The molecular weight excluding hydrogens is 537 g/mol. The van der Waals surface area contributed by atoms with E-state index in [4.69, 9.17) is 35.6 Å². The zero-order valence-electron chi connectivity index (χ0n) is 21.1. The average molecular weight is 560 g/mol. The Labute approximate surface area is 234 Å². The van der Waals surface area contributed by atoms with E-state index in [1.54, 1.807) is 60.7 Å². The normalized spacial score (nSPS) is 15.5. The number of alkyl halides is 1. The van der Waals surface area contributed by atoms with Crippen LogP contribution in [0.1, 0.15) is 17.0 Å². The lowest BCUT2D eigenvalue weighted by Gasteiger charge is -2.16. The molecule has 8 nitrogen and oxygen atoms in total. The number of carbonyl (C=O) groups excluding carboxylic acids is 1. The van der Waals surface area contributed by atoms with E-state index in [1.807, 2.05) is 30.3 Å². The minimum absolute atomic E-state index is 0.182. The number of nitrogens with one attached hydrogen (secondary N) is 1. The number of rotatable bonds is 7. The second-order valence-electron chi connectivity index (χ2n) is 9.02. The lowest BCUT2D eigenvalue weighted by atomic mass is 9.90. The van der Waals surface area contributed by atoms with Crippen LogP contribution in [0.5, 0.6) is 28.7 Å². The highest BCUT2D eigenvalue weighted by atomic mass is 35.5. The Bertz CT molecular complexity index is 1550. The first kappa shape index (κ1) is 25.5. The van der Waals surface area contributed by atoms with Crippen molar-refractivity contribution in [3.63, 3.8) is 0 Å². The maximum Gasteiger partial charge on any atom is 0.342 e. The third kappa shape index (κ3) is 5.50. The van der Waals surface area contributed by atoms with Crippen molar-refractivity contribution in [1.82, 2.24) is 5.01 Å². The SMILES string of the molecule is O=C(Nc1ccc(Oc2ccc(OCF)cc2)cc1)N1CC(c2ccc3c(c2)OCO3)C(c2ccc(Cl)cc2)=N1. The number of urea groups is 1. The van der Waals surface area contributed by atoms with E-state index < -0.39 is 6.86 Å². The molecule has 1 atom stereocenters. The largest absolute Gasteiger partial charge is 0.463 e. The van der Waals surface area contributed by atoms with Crippen LogP contribution in [0.4, 0.5) is 14.9 Å². The molecule has 1 N–H and O–H groups in total. The lowest BCUT2D eigenvalue weighted by Crippen LogP contribution is -2.30. The highest BCUT2D eigenvalue weighted by Gasteiger charge is 2.33. The molecule has 2 amide bonds. The zero-order chi connectivity index (χ0) is 27.5. The van der Waals surface area contributed by atoms with Gasteiger partial charge in [0, 0.05) is 16.6 Å². The number of hydrogen-bond acceptors (Lipinski definition) is 6. The third-order valence-corrected chi connectivity index (χ3v) is 6.73. The molecular formula is C30H23ClFN3O5. The Morgan fingerprint density at radius 3 is 2.33 bits per heavy atom. The Kier molecular flexibility index (Phi) is 7.11. The van der Waals surface area contributed by atoms with Gasteiger partial charge in [0.15, 0.2) is 11.5 Å². The molecule has 2 aliphatic rings. The molecule has 2 aliphatic heterocycles. The Morgan fingerprint density at radius 2 is 1.60 bits per heavy atom. The summed E-state index contributed by atoms with van der Waals surface area (Å²) in [6.45, 7) is -0.369. The van der Waals surface area contributed by atoms with Gasteiger partial charge in [-0.25, -0.2) is 14.2 Å². The molecule has 40 heavy (non-hydrogen) atoms. The maximum absolute atomic E-state index is 13.2. The molecule has 10 heteroatoms. The van der Waals surface area contributed by atoms with Crippen molar-refractivity contribution in [1.29, 1.82) is 0 Å². The van der Waals surface area contributed by atoms with Crippen LogP contribution in [-0.4, -0.2) is 37.0 Å². The lowest BCUT2D eigenvalue weighted by molar-refractivity contribution is 0.174. The van der Waals surface area contributed by atoms with Gasteiger partial charge in [-0.1, -0.05) is 29.8 Å². The quantitative estimate of drug-likeness (QED) is 0.259. The van der Waals surface area contributed by atoms with E-state index in [9.17, 15) is 9.18 Å². The molecule has 0 radical (unpaired) electrons. The summed E-state index contributed by atoms with van der Waals surface area (Å²) in [6.07, 6.45) is 0. The van der Waals surface area contributed by atoms with Crippen molar-refractivity contribution in [2.24, 2.45) is 5.10 Å². The molecule has 2 heterocycles. The van der Waals surface area contributed by atoms with Gasteiger partial charge in [0.2, 0.25) is 13.7 Å². The smallest absolute Gasteiger partial charge is 0.342 e. The number of benzene rings is 4. The van der Waals surface area contributed by atoms with Gasteiger partial charge in [0.1, 0.15) is 17.2 Å². The Morgan fingerprint density at radius 1 is 0.925 bits per heavy atom. The summed E-state index contributed by atoms with van der Waals surface area (Å²) in [4.78, 5) is 13.2. The van der Waals surface area contributed by atoms with Crippen LogP contribution < -0.4 is 24.3 Å². The van der Waals surface area contributed by atoms with E-state index in [0.717, 1.165) is 16.8 Å². The van der Waals surface area contributed by atoms with Gasteiger partial charge in [-0.15, -0.1) is 0 Å². The van der Waals surface area contributed by atoms with Crippen molar-refractivity contribution in [2.75, 3.05) is 25.5 Å². The number of hydrazone groups is 1. The van der Waals surface area contributed by atoms with Crippen LogP contribution in [-0.2, 0) is 0 Å². The molecule has 6 rings (SSSR count). The molecule has 4 aromatic rings. The van der Waals surface area contributed by atoms with Crippen LogP contribution in [0.15, 0.2) is 96.1 Å². The molecule has 0 saturated carbocycles. The number of hydrogen-bond donors (Lipinski definition) is 1. The van der Waals surface area contributed by atoms with Crippen molar-refractivity contribution >= 4 is 29.0 Å². The third-order valence-electron chi connectivity index (χ3n) is 6.47. The second-order valence-corrected chi connectivity index (χ2v) is 9.46. The fraction of sp³-hybridized carbons (Fsp3) is 0.133. The maximum atomic E-state index is 13.2. The van der Waals surface area contributed by atoms with E-state index in [0.29, 0.717) is 46.0 Å². The first-order chi connectivity index (χ1) is 19.6. The molecule has 1 unspecified atom stereocenters. The number of nitrogens with zero attached hydrogens (tertiary/aromatic N) is 2. The topological polar surface area (TPSA) is 81.6 Å². The average Bonchev–Trinajstić information content (AvgIpc) is 3.63. The summed E-state index contributed by atoms with van der Waals surface area (Å²) in [7, 11) is 0. The predicted octanol–water partition coefficient (Wildman–Crippen LogP) is 7.20. The van der Waals surface area contributed by atoms with E-state index in [2.05, 4.69) is 5.32 Å². The molecule has 0 spiro atoms. The molecule has 0 aromatic heterocycles. The molecule has 202 valence electrons. The van der Waals surface area contributed by atoms with Crippen LogP contribution >= 0.6 is 11.6 Å². The van der Waals surface area contributed by atoms with Crippen LogP contribution in [0.25, 0.3) is 0 Å². The van der Waals surface area contributed by atoms with Crippen molar-refractivity contribution in [2.45, 2.75) is 5.92 Å². The number of amides is 2.